The van der Waals surface area contributed by atoms with Crippen LogP contribution >= 0.6 is 15.9 Å². The topological polar surface area (TPSA) is 32.3 Å². The second kappa shape index (κ2) is 7.85. The zero-order chi connectivity index (χ0) is 12.7. The quantitative estimate of drug-likeness (QED) is 0.811. The molecule has 3 heteroatoms. The van der Waals surface area contributed by atoms with Gasteiger partial charge in [0.25, 0.3) is 0 Å². The molecule has 2 atom stereocenters. The van der Waals surface area contributed by atoms with E-state index in [0.29, 0.717) is 12.0 Å². The lowest BCUT2D eigenvalue weighted by atomic mass is 10.1. The van der Waals surface area contributed by atoms with E-state index >= 15 is 0 Å². The van der Waals surface area contributed by atoms with Crippen molar-refractivity contribution in [3.63, 3.8) is 0 Å². The van der Waals surface area contributed by atoms with Gasteiger partial charge in [0.1, 0.15) is 0 Å². The fourth-order valence-corrected chi connectivity index (χ4v) is 2.04. The third-order valence-corrected chi connectivity index (χ3v) is 3.42. The van der Waals surface area contributed by atoms with Crippen LogP contribution in [0.25, 0.3) is 0 Å². The Hall–Kier alpha value is -0.380. The first-order valence-corrected chi connectivity index (χ1v) is 6.99. The molecular formula is C14H22BrNO. The van der Waals surface area contributed by atoms with Gasteiger partial charge in [-0.05, 0) is 49.9 Å². The smallest absolute Gasteiger partial charge is 0.0434 e. The van der Waals surface area contributed by atoms with Crippen LogP contribution in [-0.4, -0.2) is 24.3 Å². The summed E-state index contributed by atoms with van der Waals surface area (Å²) in [6.45, 7) is 5.62. The van der Waals surface area contributed by atoms with E-state index in [2.05, 4.69) is 59.4 Å². The van der Waals surface area contributed by atoms with Gasteiger partial charge in [0.15, 0.2) is 0 Å². The van der Waals surface area contributed by atoms with Crippen molar-refractivity contribution in [2.75, 3.05) is 13.2 Å². The molecule has 0 aliphatic rings. The van der Waals surface area contributed by atoms with Crippen LogP contribution in [0.5, 0.6) is 0 Å². The van der Waals surface area contributed by atoms with E-state index < -0.39 is 0 Å². The number of nitrogens with one attached hydrogen (secondary N) is 1. The summed E-state index contributed by atoms with van der Waals surface area (Å²) in [5, 5.41) is 12.3. The minimum Gasteiger partial charge on any atom is -0.396 e. The third-order valence-electron chi connectivity index (χ3n) is 2.89. The monoisotopic (exact) mass is 299 g/mol. The van der Waals surface area contributed by atoms with Crippen LogP contribution in [0.15, 0.2) is 28.7 Å². The van der Waals surface area contributed by atoms with Gasteiger partial charge >= 0.3 is 0 Å². The number of aliphatic hydroxyl groups is 1. The van der Waals surface area contributed by atoms with Gasteiger partial charge in [-0.2, -0.15) is 0 Å². The molecule has 1 aromatic rings. The van der Waals surface area contributed by atoms with Crippen LogP contribution < -0.4 is 5.32 Å². The van der Waals surface area contributed by atoms with Crippen LogP contribution in [-0.2, 0) is 6.42 Å². The van der Waals surface area contributed by atoms with Crippen LogP contribution in [0.3, 0.4) is 0 Å². The van der Waals surface area contributed by atoms with Gasteiger partial charge in [-0.1, -0.05) is 35.0 Å². The standard InChI is InChI=1S/C14H22BrNO/c1-11(7-8-17)10-16-12(2)9-13-3-5-14(15)6-4-13/h3-6,11-12,16-17H,7-10H2,1-2H3. The highest BCUT2D eigenvalue weighted by molar-refractivity contribution is 9.10. The first kappa shape index (κ1) is 14.7. The molecule has 1 aromatic carbocycles. The number of aliphatic hydroxyl groups excluding tert-OH is 1. The van der Waals surface area contributed by atoms with E-state index in [1.165, 1.54) is 5.56 Å². The summed E-state index contributed by atoms with van der Waals surface area (Å²) in [4.78, 5) is 0. The molecule has 1 rings (SSSR count). The minimum absolute atomic E-state index is 0.282. The van der Waals surface area contributed by atoms with Crippen LogP contribution in [0, 0.1) is 5.92 Å². The maximum atomic E-state index is 8.83. The van der Waals surface area contributed by atoms with Gasteiger partial charge in [-0.3, -0.25) is 0 Å². The maximum Gasteiger partial charge on any atom is 0.0434 e. The number of rotatable bonds is 7. The average Bonchev–Trinajstić information content (AvgIpc) is 2.30. The molecule has 96 valence electrons. The van der Waals surface area contributed by atoms with Gasteiger partial charge in [0, 0.05) is 17.1 Å². The van der Waals surface area contributed by atoms with Crippen LogP contribution in [0.4, 0.5) is 0 Å². The number of benzene rings is 1. The van der Waals surface area contributed by atoms with E-state index in [4.69, 9.17) is 5.11 Å². The molecule has 0 saturated carbocycles. The Morgan fingerprint density at radius 3 is 2.47 bits per heavy atom. The number of hydrogen-bond donors (Lipinski definition) is 2. The predicted molar refractivity (Wildman–Crippen MR) is 76.2 cm³/mol. The number of hydrogen-bond acceptors (Lipinski definition) is 2. The molecule has 0 radical (unpaired) electrons. The molecule has 0 saturated heterocycles. The average molecular weight is 300 g/mol. The van der Waals surface area contributed by atoms with Crippen molar-refractivity contribution in [3.05, 3.63) is 34.3 Å². The summed E-state index contributed by atoms with van der Waals surface area (Å²) < 4.78 is 1.12. The summed E-state index contributed by atoms with van der Waals surface area (Å²) >= 11 is 3.44. The molecule has 0 amide bonds. The summed E-state index contributed by atoms with van der Waals surface area (Å²) in [7, 11) is 0. The molecule has 0 aromatic heterocycles. The Morgan fingerprint density at radius 1 is 1.24 bits per heavy atom. The Bertz CT molecular complexity index is 313. The van der Waals surface area contributed by atoms with E-state index in [0.717, 1.165) is 23.9 Å². The largest absolute Gasteiger partial charge is 0.396 e. The SMILES string of the molecule is CC(CCO)CNC(C)Cc1ccc(Br)cc1. The van der Waals surface area contributed by atoms with E-state index in [9.17, 15) is 0 Å². The lowest BCUT2D eigenvalue weighted by Crippen LogP contribution is -2.32. The summed E-state index contributed by atoms with van der Waals surface area (Å²) in [6, 6.07) is 8.93. The van der Waals surface area contributed by atoms with Crippen molar-refractivity contribution in [1.29, 1.82) is 0 Å². The molecule has 0 fully saturated rings. The van der Waals surface area contributed by atoms with Gasteiger partial charge in [-0.25, -0.2) is 0 Å². The molecule has 0 spiro atoms. The highest BCUT2D eigenvalue weighted by Crippen LogP contribution is 2.12. The molecular weight excluding hydrogens is 278 g/mol. The van der Waals surface area contributed by atoms with E-state index in [1.807, 2.05) is 0 Å². The van der Waals surface area contributed by atoms with Gasteiger partial charge in [0.05, 0.1) is 0 Å². The summed E-state index contributed by atoms with van der Waals surface area (Å²) in [5.74, 6) is 0.535. The van der Waals surface area contributed by atoms with Crippen molar-refractivity contribution < 1.29 is 5.11 Å². The van der Waals surface area contributed by atoms with Gasteiger partial charge in [0.2, 0.25) is 0 Å². The highest BCUT2D eigenvalue weighted by Gasteiger charge is 2.06. The summed E-state index contributed by atoms with van der Waals surface area (Å²) in [6.07, 6.45) is 1.91. The maximum absolute atomic E-state index is 8.83. The van der Waals surface area contributed by atoms with Crippen LogP contribution in [0.2, 0.25) is 0 Å². The zero-order valence-electron chi connectivity index (χ0n) is 10.6. The highest BCUT2D eigenvalue weighted by atomic mass is 79.9. The molecule has 2 nitrogen and oxygen atoms in total. The molecule has 0 aliphatic heterocycles. The van der Waals surface area contributed by atoms with Crippen LogP contribution in [0.1, 0.15) is 25.8 Å². The van der Waals surface area contributed by atoms with Crippen molar-refractivity contribution >= 4 is 15.9 Å². The first-order chi connectivity index (χ1) is 8.11. The molecule has 0 heterocycles. The van der Waals surface area contributed by atoms with Gasteiger partial charge < -0.3 is 10.4 Å². The molecule has 2 N–H and O–H groups in total. The van der Waals surface area contributed by atoms with E-state index in [-0.39, 0.29) is 6.61 Å². The summed E-state index contributed by atoms with van der Waals surface area (Å²) in [5.41, 5.74) is 1.35. The molecule has 17 heavy (non-hydrogen) atoms. The number of halogens is 1. The fourth-order valence-electron chi connectivity index (χ4n) is 1.77. The minimum atomic E-state index is 0.282. The predicted octanol–water partition coefficient (Wildman–Crippen LogP) is 2.99. The normalized spacial score (nSPS) is 14.6. The van der Waals surface area contributed by atoms with Crippen molar-refractivity contribution in [2.24, 2.45) is 5.92 Å². The molecule has 0 aliphatic carbocycles. The lowest BCUT2D eigenvalue weighted by Gasteiger charge is -2.17. The van der Waals surface area contributed by atoms with Gasteiger partial charge in [-0.15, -0.1) is 0 Å². The Morgan fingerprint density at radius 2 is 1.88 bits per heavy atom. The van der Waals surface area contributed by atoms with Crippen molar-refractivity contribution in [3.8, 4) is 0 Å². The van der Waals surface area contributed by atoms with E-state index in [1.54, 1.807) is 0 Å². The Labute approximate surface area is 113 Å². The Balaban J connectivity index is 2.29. The molecule has 2 unspecified atom stereocenters. The second-order valence-corrected chi connectivity index (χ2v) is 5.67. The third kappa shape index (κ3) is 6.20. The first-order valence-electron chi connectivity index (χ1n) is 6.20. The Kier molecular flexibility index (Phi) is 6.78. The lowest BCUT2D eigenvalue weighted by molar-refractivity contribution is 0.258. The second-order valence-electron chi connectivity index (χ2n) is 4.76. The van der Waals surface area contributed by atoms with Crippen molar-refractivity contribution in [2.45, 2.75) is 32.7 Å². The molecule has 0 bridgehead atoms. The fraction of sp³-hybridized carbons (Fsp3) is 0.571. The van der Waals surface area contributed by atoms with Crippen molar-refractivity contribution in [1.82, 2.24) is 5.32 Å². The zero-order valence-corrected chi connectivity index (χ0v) is 12.2.